The van der Waals surface area contributed by atoms with E-state index in [2.05, 4.69) is 29.4 Å². The molecular weight excluding hydrogens is 316 g/mol. The molecule has 0 aliphatic heterocycles. The third-order valence-corrected chi connectivity index (χ3v) is 4.71. The van der Waals surface area contributed by atoms with E-state index in [9.17, 15) is 4.79 Å². The van der Waals surface area contributed by atoms with Crippen molar-refractivity contribution >= 4 is 34.8 Å². The van der Waals surface area contributed by atoms with Gasteiger partial charge < -0.3 is 5.32 Å². The molecule has 24 heavy (non-hydrogen) atoms. The zero-order valence-electron chi connectivity index (χ0n) is 13.4. The third kappa shape index (κ3) is 3.97. The lowest BCUT2D eigenvalue weighted by atomic mass is 10.1. The fourth-order valence-corrected chi connectivity index (χ4v) is 3.11. The summed E-state index contributed by atoms with van der Waals surface area (Å²) in [7, 11) is 0. The molecule has 0 saturated carbocycles. The Kier molecular flexibility index (Phi) is 5.18. The van der Waals surface area contributed by atoms with E-state index in [1.165, 1.54) is 4.88 Å². The number of benzene rings is 2. The number of para-hydroxylation sites is 2. The van der Waals surface area contributed by atoms with Gasteiger partial charge in [-0.25, -0.2) is 0 Å². The van der Waals surface area contributed by atoms with Gasteiger partial charge in [-0.3, -0.25) is 9.79 Å². The zero-order chi connectivity index (χ0) is 16.8. The van der Waals surface area contributed by atoms with Crippen molar-refractivity contribution in [1.29, 1.82) is 0 Å². The average molecular weight is 334 g/mol. The van der Waals surface area contributed by atoms with E-state index in [0.717, 1.165) is 17.0 Å². The van der Waals surface area contributed by atoms with Crippen molar-refractivity contribution in [1.82, 2.24) is 0 Å². The van der Waals surface area contributed by atoms with Crippen LogP contribution in [0.25, 0.3) is 0 Å². The molecule has 0 fully saturated rings. The summed E-state index contributed by atoms with van der Waals surface area (Å²) in [6.07, 6.45) is 2.84. The van der Waals surface area contributed by atoms with Crippen LogP contribution in [0.4, 0.5) is 11.4 Å². The Labute approximate surface area is 145 Å². The lowest BCUT2D eigenvalue weighted by molar-refractivity contribution is 0.102. The molecule has 3 nitrogen and oxygen atoms in total. The predicted molar refractivity (Wildman–Crippen MR) is 102 cm³/mol. The van der Waals surface area contributed by atoms with Gasteiger partial charge in [0, 0.05) is 21.7 Å². The van der Waals surface area contributed by atoms with Crippen LogP contribution in [0.3, 0.4) is 0 Å². The molecule has 1 N–H and O–H groups in total. The molecule has 0 spiro atoms. The Hall–Kier alpha value is -2.72. The van der Waals surface area contributed by atoms with Gasteiger partial charge in [-0.1, -0.05) is 37.3 Å². The quantitative estimate of drug-likeness (QED) is 0.631. The van der Waals surface area contributed by atoms with E-state index in [1.54, 1.807) is 17.4 Å². The second-order valence-electron chi connectivity index (χ2n) is 5.25. The van der Waals surface area contributed by atoms with Crippen molar-refractivity contribution in [2.45, 2.75) is 13.3 Å². The molecule has 3 aromatic rings. The lowest BCUT2D eigenvalue weighted by Gasteiger charge is -2.07. The van der Waals surface area contributed by atoms with Crippen LogP contribution < -0.4 is 5.32 Å². The minimum atomic E-state index is -0.158. The number of carbonyl (C=O) groups is 1. The van der Waals surface area contributed by atoms with Crippen molar-refractivity contribution in [2.24, 2.45) is 4.99 Å². The van der Waals surface area contributed by atoms with E-state index < -0.39 is 0 Å². The van der Waals surface area contributed by atoms with Crippen LogP contribution in [0, 0.1) is 0 Å². The summed E-state index contributed by atoms with van der Waals surface area (Å²) in [5.41, 5.74) is 1.99. The second-order valence-corrected chi connectivity index (χ2v) is 6.45. The van der Waals surface area contributed by atoms with Gasteiger partial charge in [0.1, 0.15) is 0 Å². The normalized spacial score (nSPS) is 10.9. The first kappa shape index (κ1) is 16.1. The van der Waals surface area contributed by atoms with Crippen molar-refractivity contribution < 1.29 is 4.79 Å². The molecule has 1 aromatic heterocycles. The maximum atomic E-state index is 12.5. The number of anilines is 1. The molecule has 0 unspecified atom stereocenters. The first-order valence-electron chi connectivity index (χ1n) is 7.84. The van der Waals surface area contributed by atoms with E-state index in [-0.39, 0.29) is 5.91 Å². The molecule has 0 aliphatic carbocycles. The van der Waals surface area contributed by atoms with Gasteiger partial charge in [0.15, 0.2) is 0 Å². The number of aryl methyl sites for hydroxylation is 1. The molecular formula is C20H18N2OS. The van der Waals surface area contributed by atoms with Crippen molar-refractivity contribution in [3.8, 4) is 0 Å². The van der Waals surface area contributed by atoms with Crippen LogP contribution in [-0.4, -0.2) is 12.1 Å². The van der Waals surface area contributed by atoms with E-state index in [0.29, 0.717) is 11.3 Å². The third-order valence-electron chi connectivity index (χ3n) is 3.54. The van der Waals surface area contributed by atoms with Crippen LogP contribution >= 0.6 is 11.3 Å². The molecule has 4 heteroatoms. The molecule has 0 saturated heterocycles. The average Bonchev–Trinajstić information content (AvgIpc) is 3.09. The van der Waals surface area contributed by atoms with Gasteiger partial charge >= 0.3 is 0 Å². The summed E-state index contributed by atoms with van der Waals surface area (Å²) in [5, 5.41) is 2.90. The predicted octanol–water partition coefficient (Wildman–Crippen LogP) is 5.31. The second kappa shape index (κ2) is 7.70. The maximum Gasteiger partial charge on any atom is 0.257 e. The van der Waals surface area contributed by atoms with Crippen LogP contribution in [0.1, 0.15) is 27.0 Å². The van der Waals surface area contributed by atoms with Gasteiger partial charge in [-0.2, -0.15) is 0 Å². The van der Waals surface area contributed by atoms with Crippen LogP contribution in [0.15, 0.2) is 71.7 Å². The summed E-state index contributed by atoms with van der Waals surface area (Å²) >= 11 is 1.72. The first-order chi connectivity index (χ1) is 11.8. The van der Waals surface area contributed by atoms with Gasteiger partial charge in [-0.15, -0.1) is 11.3 Å². The van der Waals surface area contributed by atoms with Gasteiger partial charge in [0.05, 0.1) is 11.3 Å². The number of thiophene rings is 1. The number of aliphatic imine (C=N–C) groups is 1. The van der Waals surface area contributed by atoms with Gasteiger partial charge in [0.2, 0.25) is 0 Å². The summed E-state index contributed by atoms with van der Waals surface area (Å²) < 4.78 is 0. The highest BCUT2D eigenvalue weighted by Gasteiger charge is 2.10. The Morgan fingerprint density at radius 3 is 2.54 bits per heavy atom. The van der Waals surface area contributed by atoms with E-state index in [1.807, 2.05) is 54.7 Å². The SMILES string of the molecule is CCc1ccc(/C=N/c2ccccc2C(=O)Nc2ccccc2)s1. The molecule has 0 atom stereocenters. The molecule has 0 bridgehead atoms. The number of carbonyl (C=O) groups excluding carboxylic acids is 1. The number of rotatable bonds is 5. The van der Waals surface area contributed by atoms with Crippen LogP contribution in [0.5, 0.6) is 0 Å². The Balaban J connectivity index is 1.81. The highest BCUT2D eigenvalue weighted by atomic mass is 32.1. The minimum Gasteiger partial charge on any atom is -0.322 e. The Morgan fingerprint density at radius 1 is 1.04 bits per heavy atom. The smallest absolute Gasteiger partial charge is 0.257 e. The molecule has 120 valence electrons. The summed E-state index contributed by atoms with van der Waals surface area (Å²) in [5.74, 6) is -0.158. The fraction of sp³-hybridized carbons (Fsp3) is 0.100. The summed E-state index contributed by atoms with van der Waals surface area (Å²) in [6, 6.07) is 21.0. The van der Waals surface area contributed by atoms with Crippen LogP contribution in [-0.2, 0) is 6.42 Å². The number of nitrogens with one attached hydrogen (secondary N) is 1. The molecule has 3 rings (SSSR count). The summed E-state index contributed by atoms with van der Waals surface area (Å²) in [6.45, 7) is 2.13. The first-order valence-corrected chi connectivity index (χ1v) is 8.66. The Bertz CT molecular complexity index is 853. The zero-order valence-corrected chi connectivity index (χ0v) is 14.2. The monoisotopic (exact) mass is 334 g/mol. The topological polar surface area (TPSA) is 41.5 Å². The van der Waals surface area contributed by atoms with Crippen molar-refractivity contribution in [3.05, 3.63) is 82.0 Å². The maximum absolute atomic E-state index is 12.5. The molecule has 1 amide bonds. The number of nitrogens with zero attached hydrogens (tertiary/aromatic N) is 1. The highest BCUT2D eigenvalue weighted by molar-refractivity contribution is 7.13. The van der Waals surface area contributed by atoms with Gasteiger partial charge in [0.25, 0.3) is 5.91 Å². The van der Waals surface area contributed by atoms with E-state index in [4.69, 9.17) is 0 Å². The number of hydrogen-bond donors (Lipinski definition) is 1. The molecule has 0 radical (unpaired) electrons. The van der Waals surface area contributed by atoms with Gasteiger partial charge in [-0.05, 0) is 42.8 Å². The standard InChI is InChI=1S/C20H18N2OS/c1-2-16-12-13-17(24-16)14-21-19-11-7-6-10-18(19)20(23)22-15-8-4-3-5-9-15/h3-14H,2H2,1H3,(H,22,23)/b21-14+. The fourth-order valence-electron chi connectivity index (χ4n) is 2.29. The molecule has 2 aromatic carbocycles. The van der Waals surface area contributed by atoms with Crippen molar-refractivity contribution in [3.63, 3.8) is 0 Å². The molecule has 0 aliphatic rings. The van der Waals surface area contributed by atoms with Crippen molar-refractivity contribution in [2.75, 3.05) is 5.32 Å². The molecule has 1 heterocycles. The summed E-state index contributed by atoms with van der Waals surface area (Å²) in [4.78, 5) is 19.4. The minimum absolute atomic E-state index is 0.158. The van der Waals surface area contributed by atoms with E-state index >= 15 is 0 Å². The number of hydrogen-bond acceptors (Lipinski definition) is 3. The Morgan fingerprint density at radius 2 is 1.79 bits per heavy atom. The highest BCUT2D eigenvalue weighted by Crippen LogP contribution is 2.22. The lowest BCUT2D eigenvalue weighted by Crippen LogP contribution is -2.11. The number of amides is 1. The largest absolute Gasteiger partial charge is 0.322 e. The van der Waals surface area contributed by atoms with Crippen LogP contribution in [0.2, 0.25) is 0 Å².